The fourth-order valence-corrected chi connectivity index (χ4v) is 4.87. The second-order valence-electron chi connectivity index (χ2n) is 5.51. The number of nitrogens with one attached hydrogen (secondary N) is 1. The Labute approximate surface area is 172 Å². The van der Waals surface area contributed by atoms with Gasteiger partial charge in [-0.1, -0.05) is 35.5 Å². The molecule has 0 spiro atoms. The molecule has 0 atom stereocenters. The van der Waals surface area contributed by atoms with E-state index >= 15 is 0 Å². The Morgan fingerprint density at radius 2 is 2.04 bits per heavy atom. The minimum Gasteiger partial charge on any atom is -0.301 e. The van der Waals surface area contributed by atoms with Crippen molar-refractivity contribution >= 4 is 67.5 Å². The highest BCUT2D eigenvalue weighted by atomic mass is 35.5. The molecule has 0 unspecified atom stereocenters. The number of thioether (sulfide) groups is 1. The van der Waals surface area contributed by atoms with Gasteiger partial charge in [0.15, 0.2) is 5.13 Å². The van der Waals surface area contributed by atoms with Crippen molar-refractivity contribution in [1.29, 1.82) is 0 Å². The molecule has 4 aromatic rings. The van der Waals surface area contributed by atoms with E-state index < -0.39 is 0 Å². The predicted molar refractivity (Wildman–Crippen MR) is 112 cm³/mol. The number of fused-ring (bicyclic) bond motifs is 1. The summed E-state index contributed by atoms with van der Waals surface area (Å²) < 4.78 is 5.39. The quantitative estimate of drug-likeness (QED) is 0.356. The molecule has 0 bridgehead atoms. The van der Waals surface area contributed by atoms with E-state index in [9.17, 15) is 4.79 Å². The summed E-state index contributed by atoms with van der Waals surface area (Å²) in [6.45, 7) is 1.95. The van der Waals surface area contributed by atoms with Gasteiger partial charge in [0.2, 0.25) is 5.91 Å². The van der Waals surface area contributed by atoms with E-state index in [4.69, 9.17) is 11.6 Å². The number of nitrogens with zero attached hydrogens (tertiary/aromatic N) is 4. The van der Waals surface area contributed by atoms with Crippen molar-refractivity contribution in [3.8, 4) is 11.3 Å². The van der Waals surface area contributed by atoms with Crippen LogP contribution >= 0.6 is 46.2 Å². The first-order chi connectivity index (χ1) is 13.1. The second-order valence-corrected chi connectivity index (χ2v) is 8.92. The molecule has 0 radical (unpaired) electrons. The first kappa shape index (κ1) is 18.3. The molecule has 0 aliphatic heterocycles. The lowest BCUT2D eigenvalue weighted by molar-refractivity contribution is -0.113. The zero-order valence-corrected chi connectivity index (χ0v) is 17.2. The van der Waals surface area contributed by atoms with Crippen LogP contribution in [0.3, 0.4) is 0 Å². The van der Waals surface area contributed by atoms with Gasteiger partial charge in [-0.2, -0.15) is 4.37 Å². The predicted octanol–water partition coefficient (Wildman–Crippen LogP) is 4.90. The summed E-state index contributed by atoms with van der Waals surface area (Å²) in [5.74, 6) is 0.113. The molecular formula is C17H12ClN5OS3. The zero-order chi connectivity index (χ0) is 18.8. The molecule has 4 rings (SSSR count). The Kier molecular flexibility index (Phi) is 5.35. The van der Waals surface area contributed by atoms with Crippen LogP contribution in [0.5, 0.6) is 0 Å². The number of aryl methyl sites for hydroxylation is 1. The molecule has 0 fully saturated rings. The van der Waals surface area contributed by atoms with Crippen LogP contribution < -0.4 is 5.32 Å². The minimum atomic E-state index is -0.122. The van der Waals surface area contributed by atoms with Crippen molar-refractivity contribution in [3.05, 3.63) is 46.7 Å². The number of rotatable bonds is 5. The van der Waals surface area contributed by atoms with Gasteiger partial charge in [-0.15, -0.1) is 11.3 Å². The Bertz CT molecular complexity index is 1110. The SMILES string of the molecule is Cc1cnc(NC(=O)CSc2ncnc3c(-c4ccc(Cl)cc4)nsc23)s1. The van der Waals surface area contributed by atoms with Crippen LogP contribution in [0, 0.1) is 6.92 Å². The number of hydrogen-bond acceptors (Lipinski definition) is 8. The number of halogens is 1. The Balaban J connectivity index is 1.52. The molecule has 1 aromatic carbocycles. The monoisotopic (exact) mass is 433 g/mol. The van der Waals surface area contributed by atoms with Crippen molar-refractivity contribution in [1.82, 2.24) is 19.3 Å². The molecule has 0 saturated carbocycles. The zero-order valence-electron chi connectivity index (χ0n) is 14.0. The fourth-order valence-electron chi connectivity index (χ4n) is 2.34. The Morgan fingerprint density at radius 1 is 1.22 bits per heavy atom. The van der Waals surface area contributed by atoms with Gasteiger partial charge in [0.05, 0.1) is 5.75 Å². The van der Waals surface area contributed by atoms with Gasteiger partial charge in [0, 0.05) is 21.7 Å². The molecule has 27 heavy (non-hydrogen) atoms. The lowest BCUT2D eigenvalue weighted by Crippen LogP contribution is -2.13. The number of aromatic nitrogens is 4. The summed E-state index contributed by atoms with van der Waals surface area (Å²) in [7, 11) is 0. The molecule has 136 valence electrons. The maximum atomic E-state index is 12.2. The molecule has 3 heterocycles. The van der Waals surface area contributed by atoms with Gasteiger partial charge < -0.3 is 5.32 Å². The van der Waals surface area contributed by atoms with Crippen molar-refractivity contribution in [2.75, 3.05) is 11.1 Å². The van der Waals surface area contributed by atoms with E-state index in [0.29, 0.717) is 10.2 Å². The van der Waals surface area contributed by atoms with Crippen LogP contribution in [0.4, 0.5) is 5.13 Å². The third kappa shape index (κ3) is 4.11. The summed E-state index contributed by atoms with van der Waals surface area (Å²) in [6, 6.07) is 7.47. The minimum absolute atomic E-state index is 0.122. The van der Waals surface area contributed by atoms with Gasteiger partial charge in [-0.05, 0) is 30.6 Å². The highest BCUT2D eigenvalue weighted by molar-refractivity contribution is 8.00. The molecule has 0 saturated heterocycles. The normalized spacial score (nSPS) is 11.0. The lowest BCUT2D eigenvalue weighted by atomic mass is 10.1. The van der Waals surface area contributed by atoms with Gasteiger partial charge in [-0.25, -0.2) is 15.0 Å². The van der Waals surface area contributed by atoms with E-state index in [2.05, 4.69) is 24.6 Å². The van der Waals surface area contributed by atoms with Gasteiger partial charge in [0.25, 0.3) is 0 Å². The smallest absolute Gasteiger partial charge is 0.236 e. The Morgan fingerprint density at radius 3 is 2.78 bits per heavy atom. The van der Waals surface area contributed by atoms with Gasteiger partial charge in [0.1, 0.15) is 27.3 Å². The first-order valence-corrected chi connectivity index (χ1v) is 10.8. The molecule has 0 aliphatic rings. The standard InChI is InChI=1S/C17H12ClN5OS3/c1-9-6-19-17(26-9)22-12(24)7-25-16-15-14(20-8-21-16)13(23-27-15)10-2-4-11(18)5-3-10/h2-6,8H,7H2,1H3,(H,19,22,24). The van der Waals surface area contributed by atoms with Crippen LogP contribution in [0.2, 0.25) is 5.02 Å². The Hall–Kier alpha value is -2.07. The van der Waals surface area contributed by atoms with E-state index in [-0.39, 0.29) is 11.7 Å². The number of amides is 1. The number of carbonyl (C=O) groups excluding carboxylic acids is 1. The average Bonchev–Trinajstić information content (AvgIpc) is 3.27. The summed E-state index contributed by atoms with van der Waals surface area (Å²) in [5.41, 5.74) is 2.51. The lowest BCUT2D eigenvalue weighted by Gasteiger charge is -2.02. The maximum Gasteiger partial charge on any atom is 0.236 e. The third-order valence-corrected chi connectivity index (χ3v) is 6.59. The molecule has 10 heteroatoms. The van der Waals surface area contributed by atoms with Gasteiger partial charge in [-0.3, -0.25) is 4.79 Å². The van der Waals surface area contributed by atoms with E-state index in [1.807, 2.05) is 31.2 Å². The number of benzene rings is 1. The van der Waals surface area contributed by atoms with Crippen LogP contribution in [0.25, 0.3) is 21.5 Å². The average molecular weight is 434 g/mol. The van der Waals surface area contributed by atoms with Crippen molar-refractivity contribution in [3.63, 3.8) is 0 Å². The van der Waals surface area contributed by atoms with E-state index in [1.54, 1.807) is 6.20 Å². The van der Waals surface area contributed by atoms with Gasteiger partial charge >= 0.3 is 0 Å². The van der Waals surface area contributed by atoms with Crippen molar-refractivity contribution < 1.29 is 4.79 Å². The number of anilines is 1. The number of thiazole rings is 1. The highest BCUT2D eigenvalue weighted by Crippen LogP contribution is 2.34. The molecular weight excluding hydrogens is 422 g/mol. The van der Waals surface area contributed by atoms with Crippen molar-refractivity contribution in [2.24, 2.45) is 0 Å². The molecule has 0 aliphatic carbocycles. The summed E-state index contributed by atoms with van der Waals surface area (Å²) in [6.07, 6.45) is 3.23. The molecule has 1 amide bonds. The van der Waals surface area contributed by atoms with Crippen LogP contribution in [-0.2, 0) is 4.79 Å². The highest BCUT2D eigenvalue weighted by Gasteiger charge is 2.15. The first-order valence-electron chi connectivity index (χ1n) is 7.81. The number of hydrogen-bond donors (Lipinski definition) is 1. The summed E-state index contributed by atoms with van der Waals surface area (Å²) >= 11 is 10.1. The van der Waals surface area contributed by atoms with Crippen LogP contribution in [0.15, 0.2) is 41.8 Å². The van der Waals surface area contributed by atoms with E-state index in [0.717, 1.165) is 31.4 Å². The fraction of sp³-hybridized carbons (Fsp3) is 0.118. The second kappa shape index (κ2) is 7.89. The van der Waals surface area contributed by atoms with E-state index in [1.165, 1.54) is 41.0 Å². The largest absolute Gasteiger partial charge is 0.301 e. The maximum absolute atomic E-state index is 12.2. The van der Waals surface area contributed by atoms with Crippen LogP contribution in [-0.4, -0.2) is 31.0 Å². The summed E-state index contributed by atoms with van der Waals surface area (Å²) in [5, 5.41) is 4.81. The summed E-state index contributed by atoms with van der Waals surface area (Å²) in [4.78, 5) is 26.0. The topological polar surface area (TPSA) is 80.7 Å². The number of carbonyl (C=O) groups is 1. The molecule has 3 aromatic heterocycles. The van der Waals surface area contributed by atoms with Crippen molar-refractivity contribution in [2.45, 2.75) is 11.9 Å². The molecule has 6 nitrogen and oxygen atoms in total. The van der Waals surface area contributed by atoms with Crippen LogP contribution in [0.1, 0.15) is 4.88 Å². The third-order valence-electron chi connectivity index (χ3n) is 3.55. The molecule has 1 N–H and O–H groups in total.